The van der Waals surface area contributed by atoms with Crippen molar-refractivity contribution in [2.75, 3.05) is 0 Å². The van der Waals surface area contributed by atoms with Crippen LogP contribution in [0.1, 0.15) is 49.7 Å². The molecule has 0 atom stereocenters. The molecule has 4 aromatic rings. The number of hydrogen-bond acceptors (Lipinski definition) is 5. The van der Waals surface area contributed by atoms with Gasteiger partial charge in [-0.2, -0.15) is 4.80 Å². The lowest BCUT2D eigenvalue weighted by Gasteiger charge is -2.12. The van der Waals surface area contributed by atoms with E-state index in [-0.39, 0.29) is 12.3 Å². The van der Waals surface area contributed by atoms with Crippen molar-refractivity contribution in [2.45, 2.75) is 39.7 Å². The number of rotatable bonds is 6. The van der Waals surface area contributed by atoms with Gasteiger partial charge in [-0.05, 0) is 79.8 Å². The van der Waals surface area contributed by atoms with Gasteiger partial charge < -0.3 is 10.3 Å². The largest absolute Gasteiger partial charge is 0.366 e. The fourth-order valence-corrected chi connectivity index (χ4v) is 4.56. The van der Waals surface area contributed by atoms with Gasteiger partial charge in [-0.1, -0.05) is 18.2 Å². The van der Waals surface area contributed by atoms with Crippen molar-refractivity contribution in [3.63, 3.8) is 0 Å². The summed E-state index contributed by atoms with van der Waals surface area (Å²) in [6, 6.07) is 15.1. The average Bonchev–Trinajstić information content (AvgIpc) is 3.52. The Bertz CT molecular complexity index is 1380. The molecule has 2 N–H and O–H groups in total. The number of amides is 1. The Hall–Kier alpha value is -4.07. The van der Waals surface area contributed by atoms with Crippen molar-refractivity contribution >= 4 is 11.7 Å². The first-order valence-electron chi connectivity index (χ1n) is 10.9. The molecule has 0 saturated carbocycles. The van der Waals surface area contributed by atoms with Crippen LogP contribution in [0.25, 0.3) is 17.1 Å². The summed E-state index contributed by atoms with van der Waals surface area (Å²) in [7, 11) is 0. The molecule has 1 amide bonds. The molecule has 0 fully saturated rings. The average molecular weight is 441 g/mol. The number of nitrogens with zero attached hydrogens (tertiary/aromatic N) is 5. The minimum absolute atomic E-state index is 0.0130. The Morgan fingerprint density at radius 1 is 1.00 bits per heavy atom. The molecule has 1 aliphatic rings. The molecule has 2 heterocycles. The lowest BCUT2D eigenvalue weighted by atomic mass is 10.1. The van der Waals surface area contributed by atoms with Gasteiger partial charge in [0, 0.05) is 33.8 Å². The van der Waals surface area contributed by atoms with Crippen molar-refractivity contribution in [3.8, 4) is 17.1 Å². The predicted molar refractivity (Wildman–Crippen MR) is 123 cm³/mol. The highest BCUT2D eigenvalue weighted by molar-refractivity contribution is 5.97. The van der Waals surface area contributed by atoms with Crippen LogP contribution in [-0.2, 0) is 19.4 Å². The van der Waals surface area contributed by atoms with E-state index >= 15 is 0 Å². The molecular weight excluding hydrogens is 416 g/mol. The number of hydrogen-bond donors (Lipinski definition) is 1. The third-order valence-electron chi connectivity index (χ3n) is 6.24. The first-order chi connectivity index (χ1) is 15.9. The van der Waals surface area contributed by atoms with Crippen LogP contribution in [0.5, 0.6) is 0 Å². The molecule has 1 aliphatic carbocycles. The second kappa shape index (κ2) is 8.12. The summed E-state index contributed by atoms with van der Waals surface area (Å²) < 4.78 is 2.13. The SMILES string of the molecule is Cc1cc(C(=O)Cn2nnc(-c3ccc(C(N)=O)cc3)n2)c(C)n1-c1ccc2c(c1)CCC2. The van der Waals surface area contributed by atoms with Gasteiger partial charge in [-0.15, -0.1) is 10.2 Å². The van der Waals surface area contributed by atoms with E-state index < -0.39 is 5.91 Å². The number of aromatic nitrogens is 5. The number of primary amides is 1. The van der Waals surface area contributed by atoms with Crippen LogP contribution in [-0.4, -0.2) is 36.5 Å². The minimum Gasteiger partial charge on any atom is -0.366 e. The Morgan fingerprint density at radius 2 is 1.76 bits per heavy atom. The molecule has 0 spiro atoms. The van der Waals surface area contributed by atoms with Gasteiger partial charge in [0.05, 0.1) is 0 Å². The monoisotopic (exact) mass is 440 g/mol. The molecule has 2 aromatic carbocycles. The molecule has 33 heavy (non-hydrogen) atoms. The Balaban J connectivity index is 1.37. The highest BCUT2D eigenvalue weighted by atomic mass is 16.1. The molecule has 166 valence electrons. The standard InChI is InChI=1S/C25H24N6O2/c1-15-12-22(16(2)31(15)21-11-10-17-4-3-5-20(17)13-21)23(32)14-30-28-25(27-29-30)19-8-6-18(7-9-19)24(26)33/h6-13H,3-5,14H2,1-2H3,(H2,26,33). The maximum atomic E-state index is 13.1. The van der Waals surface area contributed by atoms with Gasteiger partial charge in [0.2, 0.25) is 11.7 Å². The maximum Gasteiger partial charge on any atom is 0.248 e. The van der Waals surface area contributed by atoms with Crippen LogP contribution < -0.4 is 5.73 Å². The van der Waals surface area contributed by atoms with E-state index in [9.17, 15) is 9.59 Å². The lowest BCUT2D eigenvalue weighted by molar-refractivity contribution is 0.0959. The number of aryl methyl sites for hydroxylation is 3. The van der Waals surface area contributed by atoms with Crippen LogP contribution in [0.3, 0.4) is 0 Å². The topological polar surface area (TPSA) is 109 Å². The summed E-state index contributed by atoms with van der Waals surface area (Å²) in [5.41, 5.74) is 12.8. The summed E-state index contributed by atoms with van der Waals surface area (Å²) in [5.74, 6) is -0.202. The van der Waals surface area contributed by atoms with Crippen molar-refractivity contribution in [3.05, 3.63) is 82.2 Å². The van der Waals surface area contributed by atoms with Crippen molar-refractivity contribution in [1.29, 1.82) is 0 Å². The Morgan fingerprint density at radius 3 is 2.52 bits per heavy atom. The number of Topliss-reactive ketones (excluding diaryl/α,β-unsaturated/α-hetero) is 1. The van der Waals surface area contributed by atoms with Gasteiger partial charge in [0.1, 0.15) is 6.54 Å². The van der Waals surface area contributed by atoms with E-state index in [0.717, 1.165) is 29.9 Å². The van der Waals surface area contributed by atoms with Gasteiger partial charge in [0.25, 0.3) is 0 Å². The first kappa shape index (κ1) is 20.8. The Labute approximate surface area is 191 Å². The van der Waals surface area contributed by atoms with Crippen LogP contribution in [0.15, 0.2) is 48.5 Å². The molecule has 0 saturated heterocycles. The van der Waals surface area contributed by atoms with Gasteiger partial charge >= 0.3 is 0 Å². The molecular formula is C25H24N6O2. The van der Waals surface area contributed by atoms with Crippen molar-refractivity contribution < 1.29 is 9.59 Å². The molecule has 5 rings (SSSR count). The van der Waals surface area contributed by atoms with Crippen LogP contribution in [0, 0.1) is 13.8 Å². The molecule has 0 unspecified atom stereocenters. The zero-order valence-corrected chi connectivity index (χ0v) is 18.6. The van der Waals surface area contributed by atoms with Crippen LogP contribution >= 0.6 is 0 Å². The van der Waals surface area contributed by atoms with Gasteiger partial charge in [0.15, 0.2) is 5.78 Å². The molecule has 0 radical (unpaired) electrons. The fraction of sp³-hybridized carbons (Fsp3) is 0.240. The second-order valence-electron chi connectivity index (χ2n) is 8.44. The zero-order chi connectivity index (χ0) is 23.1. The summed E-state index contributed by atoms with van der Waals surface area (Å²) in [6.45, 7) is 3.97. The normalized spacial score (nSPS) is 12.7. The predicted octanol–water partition coefficient (Wildman–Crippen LogP) is 3.22. The minimum atomic E-state index is -0.499. The van der Waals surface area contributed by atoms with Crippen LogP contribution in [0.2, 0.25) is 0 Å². The highest BCUT2D eigenvalue weighted by Gasteiger charge is 2.20. The number of carbonyl (C=O) groups excluding carboxylic acids is 2. The van der Waals surface area contributed by atoms with Gasteiger partial charge in [-0.3, -0.25) is 9.59 Å². The Kier molecular flexibility index (Phi) is 5.12. The fourth-order valence-electron chi connectivity index (χ4n) is 4.56. The number of fused-ring (bicyclic) bond motifs is 1. The number of ketones is 1. The summed E-state index contributed by atoms with van der Waals surface area (Å²) in [6.07, 6.45) is 3.46. The third-order valence-corrected chi connectivity index (χ3v) is 6.24. The smallest absolute Gasteiger partial charge is 0.248 e. The molecule has 0 bridgehead atoms. The van der Waals surface area contributed by atoms with Crippen molar-refractivity contribution in [1.82, 2.24) is 24.8 Å². The van der Waals surface area contributed by atoms with E-state index in [4.69, 9.17) is 5.73 Å². The first-order valence-corrected chi connectivity index (χ1v) is 10.9. The third kappa shape index (κ3) is 3.84. The number of carbonyl (C=O) groups is 2. The van der Waals surface area contributed by atoms with E-state index in [2.05, 4.69) is 38.2 Å². The lowest BCUT2D eigenvalue weighted by Crippen LogP contribution is -2.14. The zero-order valence-electron chi connectivity index (χ0n) is 18.6. The number of tetrazole rings is 1. The molecule has 8 heteroatoms. The molecule has 8 nitrogen and oxygen atoms in total. The van der Waals surface area contributed by atoms with E-state index in [1.807, 2.05) is 19.9 Å². The quantitative estimate of drug-likeness (QED) is 0.463. The van der Waals surface area contributed by atoms with E-state index in [1.54, 1.807) is 24.3 Å². The second-order valence-corrected chi connectivity index (χ2v) is 8.44. The number of benzene rings is 2. The summed E-state index contributed by atoms with van der Waals surface area (Å²) in [5, 5.41) is 12.4. The summed E-state index contributed by atoms with van der Waals surface area (Å²) >= 11 is 0. The summed E-state index contributed by atoms with van der Waals surface area (Å²) in [4.78, 5) is 25.6. The molecule has 2 aromatic heterocycles. The van der Waals surface area contributed by atoms with Crippen molar-refractivity contribution in [2.24, 2.45) is 5.73 Å². The van der Waals surface area contributed by atoms with E-state index in [1.165, 1.54) is 22.3 Å². The highest BCUT2D eigenvalue weighted by Crippen LogP contribution is 2.27. The maximum absolute atomic E-state index is 13.1. The molecule has 0 aliphatic heterocycles. The number of nitrogens with two attached hydrogens (primary N) is 1. The van der Waals surface area contributed by atoms with Crippen LogP contribution in [0.4, 0.5) is 0 Å². The van der Waals surface area contributed by atoms with E-state index in [0.29, 0.717) is 22.5 Å². The van der Waals surface area contributed by atoms with Gasteiger partial charge in [-0.25, -0.2) is 0 Å².